The van der Waals surface area contributed by atoms with Gasteiger partial charge < -0.3 is 60.3 Å². The van der Waals surface area contributed by atoms with Gasteiger partial charge in [-0.25, -0.2) is 9.59 Å². The van der Waals surface area contributed by atoms with Gasteiger partial charge in [0.05, 0.1) is 38.7 Å². The van der Waals surface area contributed by atoms with Gasteiger partial charge in [0.1, 0.15) is 40.9 Å². The molecule has 20 nitrogen and oxygen atoms in total. The molecule has 0 saturated carbocycles. The quantitative estimate of drug-likeness (QED) is 0.0389. The molecule has 0 aliphatic rings. The molecule has 4 atom stereocenters. The third-order valence-corrected chi connectivity index (χ3v) is 9.54. The Morgan fingerprint density at radius 3 is 1.64 bits per heavy atom. The van der Waals surface area contributed by atoms with Crippen molar-refractivity contribution in [1.29, 1.82) is 0 Å². The van der Waals surface area contributed by atoms with Gasteiger partial charge in [-0.2, -0.15) is 4.39 Å². The van der Waals surface area contributed by atoms with Crippen LogP contribution < -0.4 is 35.5 Å². The first-order valence-electron chi connectivity index (χ1n) is 20.5. The van der Waals surface area contributed by atoms with E-state index >= 15 is 0 Å². The van der Waals surface area contributed by atoms with E-state index in [2.05, 4.69) is 21.3 Å². The molecule has 4 aromatic rings. The maximum atomic E-state index is 14.6. The number of nitrogens with one attached hydrogen (secondary N) is 4. The number of phenols is 2. The summed E-state index contributed by atoms with van der Waals surface area (Å²) < 4.78 is 40.8. The number of hydrogen-bond donors (Lipinski definition) is 7. The number of aliphatic hydroxyl groups is 1. The number of carbonyl (C=O) groups excluding carboxylic acids is 5. The van der Waals surface area contributed by atoms with Crippen LogP contribution in [0.5, 0.6) is 28.7 Å². The van der Waals surface area contributed by atoms with Crippen molar-refractivity contribution in [3.05, 3.63) is 117 Å². The third-order valence-electron chi connectivity index (χ3n) is 9.54. The summed E-state index contributed by atoms with van der Waals surface area (Å²) in [6.45, 7) is 9.07. The largest absolute Gasteiger partial charge is 0.504 e. The Morgan fingerprint density at radius 1 is 0.672 bits per heavy atom. The van der Waals surface area contributed by atoms with Crippen LogP contribution in [0.4, 0.5) is 14.9 Å². The number of nitro groups is 1. The second-order valence-corrected chi connectivity index (χ2v) is 16.9. The second-order valence-electron chi connectivity index (χ2n) is 16.9. The molecule has 4 aromatic carbocycles. The van der Waals surface area contributed by atoms with Crippen LogP contribution in [0.15, 0.2) is 78.9 Å². The van der Waals surface area contributed by atoms with Crippen LogP contribution >= 0.6 is 0 Å². The molecule has 360 valence electrons. The number of carbonyl (C=O) groups is 5. The molecule has 7 N–H and O–H groups in total. The number of esters is 1. The molecule has 0 bridgehead atoms. The van der Waals surface area contributed by atoms with Crippen LogP contribution in [-0.2, 0) is 28.7 Å². The van der Waals surface area contributed by atoms with Crippen molar-refractivity contribution in [1.82, 2.24) is 21.3 Å². The molecule has 0 saturated heterocycles. The van der Waals surface area contributed by atoms with Crippen molar-refractivity contribution < 1.29 is 72.3 Å². The van der Waals surface area contributed by atoms with E-state index in [4.69, 9.17) is 23.7 Å². The Balaban J connectivity index is 1.83. The zero-order chi connectivity index (χ0) is 50.0. The molecule has 0 aromatic heterocycles. The zero-order valence-corrected chi connectivity index (χ0v) is 38.2. The van der Waals surface area contributed by atoms with E-state index in [0.29, 0.717) is 34.8 Å². The van der Waals surface area contributed by atoms with Crippen LogP contribution in [0.2, 0.25) is 0 Å². The SMILES string of the molecule is COc1ccc(C(NC(=O)C[C@H](NC(=O)[C@H](NC(=O)OC(C)(C)C)[C@H](O)c2ccc(F)c([N+](=O)[O-])c2)C(=O)N[C@@H](C(=O)OC(C)(C)C)c2cc(O)c(OC)c(O)c2)c2ccc(OC)cc2)cc1. The van der Waals surface area contributed by atoms with E-state index in [0.717, 1.165) is 25.3 Å². The summed E-state index contributed by atoms with van der Waals surface area (Å²) in [4.78, 5) is 80.7. The van der Waals surface area contributed by atoms with Crippen LogP contribution in [0.25, 0.3) is 0 Å². The number of halogens is 1. The Bertz CT molecular complexity index is 2370. The summed E-state index contributed by atoms with van der Waals surface area (Å²) >= 11 is 0. The predicted molar refractivity (Wildman–Crippen MR) is 237 cm³/mol. The third kappa shape index (κ3) is 14.4. The minimum Gasteiger partial charge on any atom is -0.504 e. The molecule has 0 radical (unpaired) electrons. The normalized spacial score (nSPS) is 13.2. The minimum atomic E-state index is -2.18. The summed E-state index contributed by atoms with van der Waals surface area (Å²) in [5.41, 5.74) is -2.95. The maximum absolute atomic E-state index is 14.6. The Kier molecular flexibility index (Phi) is 17.1. The molecule has 0 heterocycles. The number of hydrogen-bond acceptors (Lipinski definition) is 15. The Morgan fingerprint density at radius 2 is 1.18 bits per heavy atom. The fraction of sp³-hybridized carbons (Fsp3) is 0.370. The summed E-state index contributed by atoms with van der Waals surface area (Å²) in [6.07, 6.45) is -4.36. The molecule has 0 aliphatic heterocycles. The summed E-state index contributed by atoms with van der Waals surface area (Å²) in [5, 5.41) is 54.2. The summed E-state index contributed by atoms with van der Waals surface area (Å²) in [6, 6.07) is 10.7. The van der Waals surface area contributed by atoms with Gasteiger partial charge in [0, 0.05) is 6.07 Å². The van der Waals surface area contributed by atoms with Crippen molar-refractivity contribution in [2.75, 3.05) is 21.3 Å². The standard InChI is InChI=1S/C46H54FN5O15/c1-45(2,3)66-43(59)37(27-21-33(53)40(65-9)34(54)22-27)50-41(57)31(23-35(55)49-36(24-10-15-28(63-7)16-11-24)25-12-17-29(64-8)18-13-25)48-42(58)38(51-44(60)67-46(4,5)6)39(56)26-14-19-30(47)32(20-26)52(61)62/h10-22,31,36-39,53-54,56H,23H2,1-9H3,(H,48,58)(H,49,55)(H,50,57)(H,51,60)/t31-,37+,38+,39+/m0/s1. The molecule has 67 heavy (non-hydrogen) atoms. The number of nitrogens with zero attached hydrogens (tertiary/aromatic N) is 1. The molecule has 0 aliphatic carbocycles. The Labute approximate surface area is 384 Å². The maximum Gasteiger partial charge on any atom is 0.408 e. The topological polar surface area (TPSA) is 283 Å². The first-order valence-corrected chi connectivity index (χ1v) is 20.5. The number of alkyl carbamates (subject to hydrolysis) is 1. The van der Waals surface area contributed by atoms with Gasteiger partial charge in [-0.1, -0.05) is 30.3 Å². The minimum absolute atomic E-state index is 0.232. The van der Waals surface area contributed by atoms with Crippen LogP contribution in [0.1, 0.15) is 88.4 Å². The van der Waals surface area contributed by atoms with E-state index in [1.165, 1.54) is 55.8 Å². The van der Waals surface area contributed by atoms with Gasteiger partial charge in [0.2, 0.25) is 29.3 Å². The lowest BCUT2D eigenvalue weighted by atomic mass is 9.97. The van der Waals surface area contributed by atoms with Gasteiger partial charge in [-0.3, -0.25) is 24.5 Å². The zero-order valence-electron chi connectivity index (χ0n) is 38.2. The number of aromatic hydroxyl groups is 2. The van der Waals surface area contributed by atoms with E-state index in [1.54, 1.807) is 48.5 Å². The number of phenolic OH excluding ortho intramolecular Hbond substituents is 2. The van der Waals surface area contributed by atoms with E-state index in [-0.39, 0.29) is 11.3 Å². The van der Waals surface area contributed by atoms with E-state index in [9.17, 15) is 53.8 Å². The lowest BCUT2D eigenvalue weighted by molar-refractivity contribution is -0.387. The smallest absolute Gasteiger partial charge is 0.408 e. The number of ether oxygens (including phenoxy) is 5. The molecule has 0 spiro atoms. The summed E-state index contributed by atoms with van der Waals surface area (Å²) in [7, 11) is 4.11. The second kappa shape index (κ2) is 22.0. The van der Waals surface area contributed by atoms with Gasteiger partial charge in [-0.15, -0.1) is 0 Å². The number of rotatable bonds is 18. The highest BCUT2D eigenvalue weighted by Gasteiger charge is 2.38. The van der Waals surface area contributed by atoms with Crippen LogP contribution in [-0.4, -0.2) is 94.6 Å². The van der Waals surface area contributed by atoms with Crippen LogP contribution in [0.3, 0.4) is 0 Å². The average molecular weight is 936 g/mol. The predicted octanol–water partition coefficient (Wildman–Crippen LogP) is 5.08. The van der Waals surface area contributed by atoms with E-state index in [1.807, 2.05) is 0 Å². The monoisotopic (exact) mass is 935 g/mol. The van der Waals surface area contributed by atoms with Crippen molar-refractivity contribution in [2.24, 2.45) is 0 Å². The number of benzene rings is 4. The van der Waals surface area contributed by atoms with Gasteiger partial charge in [0.25, 0.3) is 0 Å². The van der Waals surface area contributed by atoms with Gasteiger partial charge in [-0.05, 0) is 106 Å². The number of amides is 4. The highest BCUT2D eigenvalue weighted by Crippen LogP contribution is 2.39. The van der Waals surface area contributed by atoms with Crippen molar-refractivity contribution in [3.63, 3.8) is 0 Å². The van der Waals surface area contributed by atoms with Crippen molar-refractivity contribution >= 4 is 35.5 Å². The number of aliphatic hydroxyl groups excluding tert-OH is 1. The van der Waals surface area contributed by atoms with Gasteiger partial charge in [0.15, 0.2) is 17.5 Å². The molecular weight excluding hydrogens is 882 g/mol. The summed E-state index contributed by atoms with van der Waals surface area (Å²) in [5.74, 6) is -6.51. The molecule has 4 amide bonds. The number of nitro benzene ring substituents is 1. The van der Waals surface area contributed by atoms with Crippen molar-refractivity contribution in [2.45, 2.75) is 89.4 Å². The van der Waals surface area contributed by atoms with E-state index < -0.39 is 111 Å². The molecule has 4 rings (SSSR count). The number of methoxy groups -OCH3 is 3. The molecule has 0 fully saturated rings. The fourth-order valence-electron chi connectivity index (χ4n) is 6.47. The first-order chi connectivity index (χ1) is 31.3. The van der Waals surface area contributed by atoms with Crippen LogP contribution in [0, 0.1) is 15.9 Å². The lowest BCUT2D eigenvalue weighted by Crippen LogP contribution is -2.57. The molecule has 21 heteroatoms. The molecule has 0 unspecified atom stereocenters. The fourth-order valence-corrected chi connectivity index (χ4v) is 6.47. The lowest BCUT2D eigenvalue weighted by Gasteiger charge is -2.29. The highest BCUT2D eigenvalue weighted by molar-refractivity contribution is 5.96. The average Bonchev–Trinajstić information content (AvgIpc) is 3.24. The highest BCUT2D eigenvalue weighted by atomic mass is 19.1. The van der Waals surface area contributed by atoms with Crippen molar-refractivity contribution in [3.8, 4) is 28.7 Å². The Hall–Kier alpha value is -7.68. The van der Waals surface area contributed by atoms with Gasteiger partial charge >= 0.3 is 17.7 Å². The molecular formula is C46H54FN5O15. The first kappa shape index (κ1) is 51.9.